The Labute approximate surface area is 153 Å². The number of furan rings is 1. The zero-order valence-corrected chi connectivity index (χ0v) is 15.3. The number of hydrogen-bond acceptors (Lipinski definition) is 3. The van der Waals surface area contributed by atoms with Crippen molar-refractivity contribution in [3.05, 3.63) is 60.1 Å². The van der Waals surface area contributed by atoms with Crippen LogP contribution >= 0.6 is 0 Å². The predicted octanol–water partition coefficient (Wildman–Crippen LogP) is 3.79. The molecule has 0 spiro atoms. The number of nitrogens with zero attached hydrogens (tertiary/aromatic N) is 2. The summed E-state index contributed by atoms with van der Waals surface area (Å²) in [6.07, 6.45) is 4.29. The van der Waals surface area contributed by atoms with Crippen LogP contribution in [0.4, 0.5) is 0 Å². The molecule has 26 heavy (non-hydrogen) atoms. The number of carbonyl (C=O) groups excluding carboxylic acids is 1. The van der Waals surface area contributed by atoms with Crippen LogP contribution in [0.15, 0.2) is 53.1 Å². The molecule has 5 nitrogen and oxygen atoms in total. The number of amides is 1. The van der Waals surface area contributed by atoms with Crippen LogP contribution < -0.4 is 5.32 Å². The fourth-order valence-electron chi connectivity index (χ4n) is 3.93. The molecule has 0 unspecified atom stereocenters. The fourth-order valence-corrected chi connectivity index (χ4v) is 3.93. The highest BCUT2D eigenvalue weighted by Gasteiger charge is 2.29. The predicted molar refractivity (Wildman–Crippen MR) is 102 cm³/mol. The maximum absolute atomic E-state index is 12.6. The first-order chi connectivity index (χ1) is 12.6. The van der Waals surface area contributed by atoms with Gasteiger partial charge in [-0.2, -0.15) is 0 Å². The van der Waals surface area contributed by atoms with E-state index in [9.17, 15) is 4.79 Å². The van der Waals surface area contributed by atoms with Crippen molar-refractivity contribution in [1.29, 1.82) is 0 Å². The third kappa shape index (κ3) is 3.27. The monoisotopic (exact) mass is 351 g/mol. The molecule has 4 rings (SSSR count). The van der Waals surface area contributed by atoms with Gasteiger partial charge in [0, 0.05) is 24.3 Å². The van der Waals surface area contributed by atoms with Crippen LogP contribution in [0.3, 0.4) is 0 Å². The van der Waals surface area contributed by atoms with E-state index in [4.69, 9.17) is 4.42 Å². The van der Waals surface area contributed by atoms with E-state index in [1.165, 1.54) is 5.69 Å². The molecule has 5 heteroatoms. The Morgan fingerprint density at radius 1 is 1.31 bits per heavy atom. The van der Waals surface area contributed by atoms with Gasteiger partial charge in [-0.05, 0) is 50.6 Å². The van der Waals surface area contributed by atoms with Crippen molar-refractivity contribution in [2.45, 2.75) is 31.8 Å². The number of hydrogen-bond donors (Lipinski definition) is 1. The molecule has 0 saturated carbocycles. The Morgan fingerprint density at radius 3 is 2.92 bits per heavy atom. The summed E-state index contributed by atoms with van der Waals surface area (Å²) >= 11 is 0. The number of fused-ring (bicyclic) bond motifs is 1. The molecule has 1 N–H and O–H groups in total. The van der Waals surface area contributed by atoms with Gasteiger partial charge in [-0.3, -0.25) is 9.69 Å². The number of nitrogens with one attached hydrogen (secondary N) is 1. The van der Waals surface area contributed by atoms with Gasteiger partial charge < -0.3 is 14.3 Å². The highest BCUT2D eigenvalue weighted by atomic mass is 16.3. The van der Waals surface area contributed by atoms with Gasteiger partial charge in [0.15, 0.2) is 0 Å². The Bertz CT molecular complexity index is 878. The Hall–Kier alpha value is -2.53. The molecule has 1 amide bonds. The first kappa shape index (κ1) is 16.9. The van der Waals surface area contributed by atoms with E-state index in [1.807, 2.05) is 37.3 Å². The van der Waals surface area contributed by atoms with Crippen LogP contribution in [0.25, 0.3) is 11.0 Å². The Balaban J connectivity index is 1.40. The largest absolute Gasteiger partial charge is 0.459 e. The van der Waals surface area contributed by atoms with Crippen LogP contribution in [0.5, 0.6) is 0 Å². The van der Waals surface area contributed by atoms with E-state index in [-0.39, 0.29) is 11.9 Å². The van der Waals surface area contributed by atoms with E-state index in [0.717, 1.165) is 36.1 Å². The summed E-state index contributed by atoms with van der Waals surface area (Å²) < 4.78 is 8.02. The SMILES string of the molecule is C[C@@H](NC(=O)CN1CCC[C@@H]1c1cccn1C)c1cc2ccccc2o1. The van der Waals surface area contributed by atoms with E-state index in [2.05, 4.69) is 40.2 Å². The number of aryl methyl sites for hydroxylation is 1. The van der Waals surface area contributed by atoms with Crippen molar-refractivity contribution in [2.75, 3.05) is 13.1 Å². The van der Waals surface area contributed by atoms with Gasteiger partial charge in [-0.1, -0.05) is 18.2 Å². The van der Waals surface area contributed by atoms with Gasteiger partial charge in [0.2, 0.25) is 5.91 Å². The van der Waals surface area contributed by atoms with Gasteiger partial charge in [0.25, 0.3) is 0 Å². The van der Waals surface area contributed by atoms with E-state index < -0.39 is 0 Å². The van der Waals surface area contributed by atoms with Crippen molar-refractivity contribution >= 4 is 16.9 Å². The van der Waals surface area contributed by atoms with Gasteiger partial charge in [0.05, 0.1) is 18.6 Å². The van der Waals surface area contributed by atoms with Gasteiger partial charge in [-0.15, -0.1) is 0 Å². The lowest BCUT2D eigenvalue weighted by molar-refractivity contribution is -0.123. The molecule has 1 fully saturated rings. The van der Waals surface area contributed by atoms with Crippen LogP contribution in [-0.2, 0) is 11.8 Å². The molecule has 2 aromatic heterocycles. The third-order valence-electron chi connectivity index (χ3n) is 5.28. The normalized spacial score (nSPS) is 19.1. The van der Waals surface area contributed by atoms with Gasteiger partial charge >= 0.3 is 0 Å². The second-order valence-corrected chi connectivity index (χ2v) is 7.15. The van der Waals surface area contributed by atoms with Crippen LogP contribution in [0, 0.1) is 0 Å². The van der Waals surface area contributed by atoms with Crippen molar-refractivity contribution in [3.8, 4) is 0 Å². The number of likely N-dealkylation sites (tertiary alicyclic amines) is 1. The maximum Gasteiger partial charge on any atom is 0.234 e. The minimum Gasteiger partial charge on any atom is -0.459 e. The van der Waals surface area contributed by atoms with Gasteiger partial charge in [-0.25, -0.2) is 0 Å². The first-order valence-electron chi connectivity index (χ1n) is 9.25. The summed E-state index contributed by atoms with van der Waals surface area (Å²) in [5.74, 6) is 0.832. The fraction of sp³-hybridized carbons (Fsp3) is 0.381. The van der Waals surface area contributed by atoms with Crippen molar-refractivity contribution in [3.63, 3.8) is 0 Å². The Kier molecular flexibility index (Phi) is 4.55. The molecule has 1 aliphatic rings. The second-order valence-electron chi connectivity index (χ2n) is 7.15. The number of aromatic nitrogens is 1. The average molecular weight is 351 g/mol. The molecule has 0 aliphatic carbocycles. The molecule has 3 heterocycles. The molecule has 0 radical (unpaired) electrons. The summed E-state index contributed by atoms with van der Waals surface area (Å²) in [5.41, 5.74) is 2.13. The number of para-hydroxylation sites is 1. The minimum atomic E-state index is -0.147. The van der Waals surface area contributed by atoms with Crippen molar-refractivity contribution in [1.82, 2.24) is 14.8 Å². The molecule has 1 aliphatic heterocycles. The number of carbonyl (C=O) groups is 1. The average Bonchev–Trinajstić information content (AvgIpc) is 3.33. The molecule has 136 valence electrons. The van der Waals surface area contributed by atoms with Gasteiger partial charge in [0.1, 0.15) is 11.3 Å². The van der Waals surface area contributed by atoms with E-state index in [1.54, 1.807) is 0 Å². The molecule has 1 saturated heterocycles. The quantitative estimate of drug-likeness (QED) is 0.761. The van der Waals surface area contributed by atoms with Crippen LogP contribution in [-0.4, -0.2) is 28.5 Å². The highest BCUT2D eigenvalue weighted by Crippen LogP contribution is 2.31. The lowest BCUT2D eigenvalue weighted by Crippen LogP contribution is -2.38. The summed E-state index contributed by atoms with van der Waals surface area (Å²) in [7, 11) is 2.07. The summed E-state index contributed by atoms with van der Waals surface area (Å²) in [5, 5.41) is 4.15. The number of rotatable bonds is 5. The van der Waals surface area contributed by atoms with Crippen molar-refractivity contribution < 1.29 is 9.21 Å². The summed E-state index contributed by atoms with van der Waals surface area (Å²) in [6, 6.07) is 14.3. The molecular weight excluding hydrogens is 326 g/mol. The zero-order chi connectivity index (χ0) is 18.1. The molecule has 1 aromatic carbocycles. The highest BCUT2D eigenvalue weighted by molar-refractivity contribution is 5.80. The topological polar surface area (TPSA) is 50.4 Å². The van der Waals surface area contributed by atoms with Crippen LogP contribution in [0.1, 0.15) is 43.3 Å². The minimum absolute atomic E-state index is 0.0408. The molecule has 3 aromatic rings. The lowest BCUT2D eigenvalue weighted by Gasteiger charge is -2.25. The smallest absolute Gasteiger partial charge is 0.234 e. The zero-order valence-electron chi connectivity index (χ0n) is 15.3. The lowest BCUT2D eigenvalue weighted by atomic mass is 10.1. The summed E-state index contributed by atoms with van der Waals surface area (Å²) in [4.78, 5) is 14.9. The van der Waals surface area contributed by atoms with Crippen LogP contribution in [0.2, 0.25) is 0 Å². The number of benzene rings is 1. The first-order valence-corrected chi connectivity index (χ1v) is 9.25. The van der Waals surface area contributed by atoms with Crippen molar-refractivity contribution in [2.24, 2.45) is 7.05 Å². The third-order valence-corrected chi connectivity index (χ3v) is 5.28. The standard InChI is InChI=1S/C21H25N3O2/c1-15(20-13-16-7-3-4-10-19(16)26-20)22-21(25)14-24-12-6-9-18(24)17-8-5-11-23(17)2/h3-5,7-8,10-11,13,15,18H,6,9,12,14H2,1-2H3,(H,22,25)/t15-,18-/m1/s1. The Morgan fingerprint density at radius 2 is 2.15 bits per heavy atom. The molecule has 0 bridgehead atoms. The molecular formula is C21H25N3O2. The second kappa shape index (κ2) is 7.00. The summed E-state index contributed by atoms with van der Waals surface area (Å²) in [6.45, 7) is 3.34. The van der Waals surface area contributed by atoms with E-state index in [0.29, 0.717) is 12.6 Å². The molecule has 2 atom stereocenters. The maximum atomic E-state index is 12.6. The van der Waals surface area contributed by atoms with E-state index >= 15 is 0 Å².